The number of halogens is 1. The van der Waals surface area contributed by atoms with E-state index >= 15 is 0 Å². The summed E-state index contributed by atoms with van der Waals surface area (Å²) in [4.78, 5) is 0. The molecular formula is C12H17FN2. The first-order valence-electron chi connectivity index (χ1n) is 5.52. The first kappa shape index (κ1) is 10.4. The highest BCUT2D eigenvalue weighted by Gasteiger charge is 2.25. The van der Waals surface area contributed by atoms with Crippen molar-refractivity contribution in [3.63, 3.8) is 0 Å². The minimum atomic E-state index is -0.192. The standard InChI is InChI=1S/C12H17FN2/c13-10-4-6-11(7-5-10)15-12-3-1-2-9(12)8-14/h4-7,9,12,15H,1-3,8,14H2. The van der Waals surface area contributed by atoms with Gasteiger partial charge >= 0.3 is 0 Å². The fraction of sp³-hybridized carbons (Fsp3) is 0.500. The van der Waals surface area contributed by atoms with E-state index in [1.807, 2.05) is 0 Å². The molecule has 0 spiro atoms. The van der Waals surface area contributed by atoms with Crippen LogP contribution in [0.5, 0.6) is 0 Å². The number of rotatable bonds is 3. The molecular weight excluding hydrogens is 191 g/mol. The predicted octanol–water partition coefficient (Wildman–Crippen LogP) is 2.37. The van der Waals surface area contributed by atoms with Crippen molar-refractivity contribution in [1.29, 1.82) is 0 Å². The van der Waals surface area contributed by atoms with Gasteiger partial charge in [0, 0.05) is 11.7 Å². The zero-order chi connectivity index (χ0) is 10.7. The van der Waals surface area contributed by atoms with Crippen LogP contribution in [0, 0.1) is 11.7 Å². The first-order chi connectivity index (χ1) is 7.29. The third-order valence-electron chi connectivity index (χ3n) is 3.16. The highest BCUT2D eigenvalue weighted by molar-refractivity contribution is 5.44. The van der Waals surface area contributed by atoms with Gasteiger partial charge in [0.05, 0.1) is 0 Å². The van der Waals surface area contributed by atoms with Crippen LogP contribution in [0.4, 0.5) is 10.1 Å². The van der Waals surface area contributed by atoms with E-state index in [0.717, 1.165) is 12.2 Å². The van der Waals surface area contributed by atoms with Crippen LogP contribution in [0.25, 0.3) is 0 Å². The quantitative estimate of drug-likeness (QED) is 0.800. The average Bonchev–Trinajstić information content (AvgIpc) is 2.69. The lowest BCUT2D eigenvalue weighted by atomic mass is 10.0. The molecule has 2 nitrogen and oxygen atoms in total. The predicted molar refractivity (Wildman–Crippen MR) is 60.2 cm³/mol. The molecule has 0 aromatic heterocycles. The number of hydrogen-bond donors (Lipinski definition) is 2. The van der Waals surface area contributed by atoms with E-state index < -0.39 is 0 Å². The number of nitrogens with two attached hydrogens (primary N) is 1. The van der Waals surface area contributed by atoms with Crippen LogP contribution in [-0.2, 0) is 0 Å². The Labute approximate surface area is 89.7 Å². The van der Waals surface area contributed by atoms with E-state index in [4.69, 9.17) is 5.73 Å². The molecule has 0 radical (unpaired) electrons. The lowest BCUT2D eigenvalue weighted by molar-refractivity contribution is 0.516. The summed E-state index contributed by atoms with van der Waals surface area (Å²) in [5, 5.41) is 3.42. The Morgan fingerprint density at radius 1 is 1.27 bits per heavy atom. The van der Waals surface area contributed by atoms with Crippen molar-refractivity contribution in [3.05, 3.63) is 30.1 Å². The van der Waals surface area contributed by atoms with E-state index in [1.54, 1.807) is 12.1 Å². The van der Waals surface area contributed by atoms with Gasteiger partial charge < -0.3 is 11.1 Å². The lowest BCUT2D eigenvalue weighted by Crippen LogP contribution is -2.29. The van der Waals surface area contributed by atoms with Gasteiger partial charge in [0.2, 0.25) is 0 Å². The molecule has 0 saturated heterocycles. The molecule has 1 fully saturated rings. The summed E-state index contributed by atoms with van der Waals surface area (Å²) in [6, 6.07) is 6.98. The minimum Gasteiger partial charge on any atom is -0.382 e. The van der Waals surface area contributed by atoms with Crippen molar-refractivity contribution in [2.24, 2.45) is 11.7 Å². The molecule has 0 heterocycles. The summed E-state index contributed by atoms with van der Waals surface area (Å²) in [6.07, 6.45) is 3.61. The molecule has 3 heteroatoms. The molecule has 2 atom stereocenters. The van der Waals surface area contributed by atoms with E-state index in [-0.39, 0.29) is 5.82 Å². The van der Waals surface area contributed by atoms with Crippen molar-refractivity contribution in [2.45, 2.75) is 25.3 Å². The van der Waals surface area contributed by atoms with Crippen molar-refractivity contribution in [3.8, 4) is 0 Å². The Balaban J connectivity index is 1.99. The second-order valence-corrected chi connectivity index (χ2v) is 4.18. The van der Waals surface area contributed by atoms with Crippen LogP contribution >= 0.6 is 0 Å². The van der Waals surface area contributed by atoms with Crippen molar-refractivity contribution in [1.82, 2.24) is 0 Å². The number of hydrogen-bond acceptors (Lipinski definition) is 2. The Morgan fingerprint density at radius 2 is 2.00 bits per heavy atom. The topological polar surface area (TPSA) is 38.0 Å². The van der Waals surface area contributed by atoms with Crippen LogP contribution in [0.1, 0.15) is 19.3 Å². The van der Waals surface area contributed by atoms with Gasteiger partial charge in [-0.2, -0.15) is 0 Å². The zero-order valence-corrected chi connectivity index (χ0v) is 8.75. The third kappa shape index (κ3) is 2.48. The Hall–Kier alpha value is -1.09. The summed E-state index contributed by atoms with van der Waals surface area (Å²) < 4.78 is 12.7. The van der Waals surface area contributed by atoms with Gasteiger partial charge in [-0.3, -0.25) is 0 Å². The number of anilines is 1. The molecule has 0 amide bonds. The largest absolute Gasteiger partial charge is 0.382 e. The molecule has 1 aromatic rings. The zero-order valence-electron chi connectivity index (χ0n) is 8.75. The minimum absolute atomic E-state index is 0.192. The first-order valence-corrected chi connectivity index (χ1v) is 5.52. The Bertz CT molecular complexity index is 310. The molecule has 2 rings (SSSR count). The highest BCUT2D eigenvalue weighted by atomic mass is 19.1. The lowest BCUT2D eigenvalue weighted by Gasteiger charge is -2.20. The highest BCUT2D eigenvalue weighted by Crippen LogP contribution is 2.27. The molecule has 0 bridgehead atoms. The third-order valence-corrected chi connectivity index (χ3v) is 3.16. The van der Waals surface area contributed by atoms with Crippen LogP contribution in [0.15, 0.2) is 24.3 Å². The molecule has 1 aromatic carbocycles. The Morgan fingerprint density at radius 3 is 2.67 bits per heavy atom. The second-order valence-electron chi connectivity index (χ2n) is 4.18. The maximum absolute atomic E-state index is 12.7. The van der Waals surface area contributed by atoms with Gasteiger partial charge in [-0.1, -0.05) is 6.42 Å². The molecule has 2 unspecified atom stereocenters. The van der Waals surface area contributed by atoms with Crippen LogP contribution < -0.4 is 11.1 Å². The van der Waals surface area contributed by atoms with Crippen molar-refractivity contribution < 1.29 is 4.39 Å². The average molecular weight is 208 g/mol. The molecule has 82 valence electrons. The monoisotopic (exact) mass is 208 g/mol. The van der Waals surface area contributed by atoms with Gasteiger partial charge in [0.15, 0.2) is 0 Å². The second kappa shape index (κ2) is 4.62. The van der Waals surface area contributed by atoms with E-state index in [9.17, 15) is 4.39 Å². The molecule has 1 aliphatic carbocycles. The fourth-order valence-corrected chi connectivity index (χ4v) is 2.27. The van der Waals surface area contributed by atoms with Crippen LogP contribution in [0.2, 0.25) is 0 Å². The van der Waals surface area contributed by atoms with Gasteiger partial charge in [-0.05, 0) is 49.6 Å². The van der Waals surface area contributed by atoms with Crippen LogP contribution in [-0.4, -0.2) is 12.6 Å². The SMILES string of the molecule is NCC1CCCC1Nc1ccc(F)cc1. The molecule has 1 saturated carbocycles. The molecule has 0 aliphatic heterocycles. The van der Waals surface area contributed by atoms with Gasteiger partial charge in [-0.15, -0.1) is 0 Å². The maximum atomic E-state index is 12.7. The van der Waals surface area contributed by atoms with E-state index in [2.05, 4.69) is 5.32 Å². The van der Waals surface area contributed by atoms with Crippen molar-refractivity contribution >= 4 is 5.69 Å². The van der Waals surface area contributed by atoms with Gasteiger partial charge in [0.25, 0.3) is 0 Å². The Kier molecular flexibility index (Phi) is 3.21. The smallest absolute Gasteiger partial charge is 0.123 e. The molecule has 3 N–H and O–H groups in total. The maximum Gasteiger partial charge on any atom is 0.123 e. The van der Waals surface area contributed by atoms with Gasteiger partial charge in [-0.25, -0.2) is 4.39 Å². The van der Waals surface area contributed by atoms with Crippen LogP contribution in [0.3, 0.4) is 0 Å². The summed E-state index contributed by atoms with van der Waals surface area (Å²) >= 11 is 0. The fourth-order valence-electron chi connectivity index (χ4n) is 2.27. The van der Waals surface area contributed by atoms with E-state index in [1.165, 1.54) is 31.4 Å². The normalized spacial score (nSPS) is 25.5. The summed E-state index contributed by atoms with van der Waals surface area (Å²) in [5.41, 5.74) is 6.69. The number of benzene rings is 1. The molecule has 1 aliphatic rings. The van der Waals surface area contributed by atoms with Gasteiger partial charge in [0.1, 0.15) is 5.82 Å². The van der Waals surface area contributed by atoms with E-state index in [0.29, 0.717) is 12.0 Å². The number of nitrogens with one attached hydrogen (secondary N) is 1. The summed E-state index contributed by atoms with van der Waals surface area (Å²) in [5.74, 6) is 0.373. The summed E-state index contributed by atoms with van der Waals surface area (Å²) in [6.45, 7) is 0.735. The summed E-state index contributed by atoms with van der Waals surface area (Å²) in [7, 11) is 0. The van der Waals surface area contributed by atoms with Crippen molar-refractivity contribution in [2.75, 3.05) is 11.9 Å². The molecule has 15 heavy (non-hydrogen) atoms.